The Balaban J connectivity index is 1.50. The third kappa shape index (κ3) is 5.18. The topological polar surface area (TPSA) is 157 Å². The summed E-state index contributed by atoms with van der Waals surface area (Å²) in [6, 6.07) is 9.85. The lowest BCUT2D eigenvalue weighted by Crippen LogP contribution is -2.27. The largest absolute Gasteiger partial charge is 0.463 e. The number of carbonyl (C=O) groups excluding carboxylic acids is 1. The van der Waals surface area contributed by atoms with Gasteiger partial charge in [-0.25, -0.2) is 18.2 Å². The zero-order chi connectivity index (χ0) is 26.4. The molecule has 0 spiro atoms. The van der Waals surface area contributed by atoms with Crippen LogP contribution in [0.2, 0.25) is 0 Å². The predicted molar refractivity (Wildman–Crippen MR) is 129 cm³/mol. The van der Waals surface area contributed by atoms with Crippen molar-refractivity contribution in [3.8, 4) is 28.8 Å². The fourth-order valence-electron chi connectivity index (χ4n) is 3.27. The van der Waals surface area contributed by atoms with Gasteiger partial charge in [-0.15, -0.1) is 5.10 Å². The van der Waals surface area contributed by atoms with Gasteiger partial charge in [0.05, 0.1) is 18.7 Å². The van der Waals surface area contributed by atoms with E-state index in [9.17, 15) is 13.2 Å². The Morgan fingerprint density at radius 1 is 1.08 bits per heavy atom. The molecule has 37 heavy (non-hydrogen) atoms. The highest BCUT2D eigenvalue weighted by Gasteiger charge is 2.21. The zero-order valence-corrected chi connectivity index (χ0v) is 21.0. The molecule has 0 saturated carbocycles. The Bertz CT molecular complexity index is 1720. The van der Waals surface area contributed by atoms with E-state index >= 15 is 0 Å². The lowest BCUT2D eigenvalue weighted by Gasteiger charge is -2.18. The molecule has 0 radical (unpaired) electrons. The van der Waals surface area contributed by atoms with Crippen LogP contribution in [0.3, 0.4) is 0 Å². The molecule has 0 aliphatic heterocycles. The average Bonchev–Trinajstić information content (AvgIpc) is 3.58. The van der Waals surface area contributed by atoms with Gasteiger partial charge < -0.3 is 13.9 Å². The molecule has 0 fully saturated rings. The Hall–Kier alpha value is -4.59. The molecule has 5 rings (SSSR count). The molecule has 190 valence electrons. The summed E-state index contributed by atoms with van der Waals surface area (Å²) in [4.78, 5) is 20.5. The summed E-state index contributed by atoms with van der Waals surface area (Å²) < 4.78 is 43.5. The SMILES string of the molecule is CC(C)(C)OC(=O)n1cc(Oc2ccc3nnn(-c4cc(-c5ccco5)nc(S(C)(=O)=O)n4)c3c2)cn1. The van der Waals surface area contributed by atoms with Gasteiger partial charge in [-0.2, -0.15) is 19.4 Å². The van der Waals surface area contributed by atoms with E-state index in [2.05, 4.69) is 25.4 Å². The van der Waals surface area contributed by atoms with Crippen LogP contribution in [0.5, 0.6) is 11.5 Å². The van der Waals surface area contributed by atoms with Crippen molar-refractivity contribution in [2.45, 2.75) is 31.5 Å². The maximum absolute atomic E-state index is 12.3. The van der Waals surface area contributed by atoms with Crippen molar-refractivity contribution in [3.05, 3.63) is 55.1 Å². The molecule has 4 heterocycles. The van der Waals surface area contributed by atoms with Crippen LogP contribution >= 0.6 is 0 Å². The van der Waals surface area contributed by atoms with Gasteiger partial charge in [0, 0.05) is 18.4 Å². The minimum Gasteiger partial charge on any atom is -0.463 e. The van der Waals surface area contributed by atoms with Crippen molar-refractivity contribution >= 4 is 27.0 Å². The Labute approximate surface area is 210 Å². The lowest BCUT2D eigenvalue weighted by atomic mass is 10.2. The van der Waals surface area contributed by atoms with Crippen LogP contribution < -0.4 is 4.74 Å². The van der Waals surface area contributed by atoms with E-state index < -0.39 is 21.5 Å². The van der Waals surface area contributed by atoms with Crippen LogP contribution in [0.4, 0.5) is 4.79 Å². The Morgan fingerprint density at radius 2 is 1.89 bits per heavy atom. The monoisotopic (exact) mass is 523 g/mol. The third-order valence-electron chi connectivity index (χ3n) is 4.81. The van der Waals surface area contributed by atoms with Crippen molar-refractivity contribution in [2.75, 3.05) is 6.26 Å². The minimum absolute atomic E-state index is 0.166. The number of benzene rings is 1. The molecule has 0 atom stereocenters. The van der Waals surface area contributed by atoms with Gasteiger partial charge >= 0.3 is 6.09 Å². The molecule has 0 saturated heterocycles. The highest BCUT2D eigenvalue weighted by atomic mass is 32.2. The van der Waals surface area contributed by atoms with Gasteiger partial charge in [0.2, 0.25) is 15.0 Å². The lowest BCUT2D eigenvalue weighted by molar-refractivity contribution is 0.0514. The van der Waals surface area contributed by atoms with Gasteiger partial charge in [-0.3, -0.25) is 0 Å². The molecule has 0 amide bonds. The molecule has 0 aliphatic carbocycles. The average molecular weight is 524 g/mol. The maximum atomic E-state index is 12.3. The van der Waals surface area contributed by atoms with Gasteiger partial charge in [-0.1, -0.05) is 5.21 Å². The first kappa shape index (κ1) is 24.1. The van der Waals surface area contributed by atoms with Crippen LogP contribution in [-0.2, 0) is 14.6 Å². The standard InChI is InChI=1S/C23H21N7O6S/c1-23(2,3)36-22(31)29-13-15(12-24-29)35-14-7-8-16-18(10-14)30(28-27-16)20-11-17(19-6-5-9-34-19)25-21(26-20)37(4,32)33/h5-13H,1-4H3. The number of rotatable bonds is 5. The van der Waals surface area contributed by atoms with Crippen molar-refractivity contribution < 1.29 is 27.1 Å². The third-order valence-corrected chi connectivity index (χ3v) is 5.65. The number of aromatic nitrogens is 7. The number of carbonyl (C=O) groups is 1. The van der Waals surface area contributed by atoms with Crippen LogP contribution in [0, 0.1) is 0 Å². The van der Waals surface area contributed by atoms with Crippen molar-refractivity contribution in [2.24, 2.45) is 0 Å². The summed E-state index contributed by atoms with van der Waals surface area (Å²) in [5.74, 6) is 1.22. The number of hydrogen-bond donors (Lipinski definition) is 0. The summed E-state index contributed by atoms with van der Waals surface area (Å²) in [6.07, 6.45) is 4.60. The van der Waals surface area contributed by atoms with Crippen molar-refractivity contribution in [1.82, 2.24) is 34.7 Å². The summed E-state index contributed by atoms with van der Waals surface area (Å²) in [5, 5.41) is 11.9. The predicted octanol–water partition coefficient (Wildman–Crippen LogP) is 3.65. The zero-order valence-electron chi connectivity index (χ0n) is 20.2. The number of hydrogen-bond acceptors (Lipinski definition) is 11. The first-order valence-electron chi connectivity index (χ1n) is 10.9. The van der Waals surface area contributed by atoms with Crippen LogP contribution in [-0.4, -0.2) is 61.1 Å². The van der Waals surface area contributed by atoms with E-state index in [0.29, 0.717) is 28.3 Å². The Morgan fingerprint density at radius 3 is 2.59 bits per heavy atom. The van der Waals surface area contributed by atoms with E-state index in [-0.39, 0.29) is 16.7 Å². The maximum Gasteiger partial charge on any atom is 0.435 e. The van der Waals surface area contributed by atoms with Gasteiger partial charge in [0.1, 0.15) is 28.1 Å². The second-order valence-electron chi connectivity index (χ2n) is 9.00. The van der Waals surface area contributed by atoms with Crippen LogP contribution in [0.15, 0.2) is 64.6 Å². The minimum atomic E-state index is -3.75. The van der Waals surface area contributed by atoms with E-state index in [1.165, 1.54) is 23.3 Å². The normalized spacial score (nSPS) is 12.1. The molecule has 13 nitrogen and oxygen atoms in total. The molecule has 14 heteroatoms. The fraction of sp³-hybridized carbons (Fsp3) is 0.217. The molecular weight excluding hydrogens is 502 g/mol. The molecule has 0 bridgehead atoms. The highest BCUT2D eigenvalue weighted by molar-refractivity contribution is 7.90. The number of furan rings is 1. The van der Waals surface area contributed by atoms with Gasteiger partial charge in [0.25, 0.3) is 0 Å². The molecule has 0 N–H and O–H groups in total. The van der Waals surface area contributed by atoms with Gasteiger partial charge in [-0.05, 0) is 45.0 Å². The van der Waals surface area contributed by atoms with E-state index in [1.807, 2.05) is 0 Å². The fourth-order valence-corrected chi connectivity index (χ4v) is 3.80. The van der Waals surface area contributed by atoms with Crippen LogP contribution in [0.1, 0.15) is 20.8 Å². The first-order valence-corrected chi connectivity index (χ1v) is 12.8. The molecule has 1 aromatic carbocycles. The molecular formula is C23H21N7O6S. The molecule has 5 aromatic rings. The van der Waals surface area contributed by atoms with E-state index in [4.69, 9.17) is 13.9 Å². The summed E-state index contributed by atoms with van der Waals surface area (Å²) in [7, 11) is -3.75. The van der Waals surface area contributed by atoms with Crippen LogP contribution in [0.25, 0.3) is 28.3 Å². The summed E-state index contributed by atoms with van der Waals surface area (Å²) in [5.41, 5.74) is 0.590. The summed E-state index contributed by atoms with van der Waals surface area (Å²) >= 11 is 0. The quantitative estimate of drug-likeness (QED) is 0.310. The van der Waals surface area contributed by atoms with E-state index in [1.54, 1.807) is 57.2 Å². The van der Waals surface area contributed by atoms with Crippen molar-refractivity contribution in [1.29, 1.82) is 0 Å². The molecule has 4 aromatic heterocycles. The highest BCUT2D eigenvalue weighted by Crippen LogP contribution is 2.27. The number of ether oxygens (including phenoxy) is 2. The van der Waals surface area contributed by atoms with Crippen molar-refractivity contribution in [3.63, 3.8) is 0 Å². The second kappa shape index (κ2) is 8.81. The molecule has 0 aliphatic rings. The van der Waals surface area contributed by atoms with Gasteiger partial charge in [0.15, 0.2) is 17.3 Å². The first-order chi connectivity index (χ1) is 17.5. The Kier molecular flexibility index (Phi) is 5.75. The summed E-state index contributed by atoms with van der Waals surface area (Å²) in [6.45, 7) is 5.27. The molecule has 0 unspecified atom stereocenters. The number of nitrogens with zero attached hydrogens (tertiary/aromatic N) is 7. The number of sulfone groups is 1. The second-order valence-corrected chi connectivity index (χ2v) is 10.9. The van der Waals surface area contributed by atoms with E-state index in [0.717, 1.165) is 10.9 Å². The smallest absolute Gasteiger partial charge is 0.435 e. The number of fused-ring (bicyclic) bond motifs is 1.